The van der Waals surface area contributed by atoms with Crippen LogP contribution in [-0.2, 0) is 19.4 Å². The first-order valence-corrected chi connectivity index (χ1v) is 11.0. The quantitative estimate of drug-likeness (QED) is 0.560. The Kier molecular flexibility index (Phi) is 4.28. The fourth-order valence-corrected chi connectivity index (χ4v) is 5.29. The van der Waals surface area contributed by atoms with E-state index in [1.807, 2.05) is 37.4 Å². The molecular weight excluding hydrogens is 386 g/mol. The fraction of sp³-hybridized carbons (Fsp3) is 0.320. The number of benzene rings is 1. The lowest BCUT2D eigenvalue weighted by atomic mass is 9.98. The number of fused-ring (bicyclic) bond motifs is 4. The molecule has 1 aromatic carbocycles. The lowest BCUT2D eigenvalue weighted by Gasteiger charge is -2.28. The smallest absolute Gasteiger partial charge is 0.276 e. The van der Waals surface area contributed by atoms with E-state index in [1.54, 1.807) is 4.52 Å². The first-order chi connectivity index (χ1) is 15.2. The Bertz CT molecular complexity index is 1310. The molecule has 6 rings (SSSR count). The molecule has 1 N–H and O–H groups in total. The van der Waals surface area contributed by atoms with Crippen molar-refractivity contribution < 1.29 is 0 Å². The summed E-state index contributed by atoms with van der Waals surface area (Å²) in [5.41, 5.74) is 7.08. The summed E-state index contributed by atoms with van der Waals surface area (Å²) in [6, 6.07) is 17.5. The normalized spacial score (nSPS) is 20.7. The van der Waals surface area contributed by atoms with Gasteiger partial charge in [-0.15, -0.1) is 0 Å². The fourth-order valence-electron chi connectivity index (χ4n) is 5.29. The standard InChI is InChI=1S/C25H25N5O/c1-16-12-24-27-23-14-20-10-9-19(13-21(23)25(31)30(24)28-16)29(20)15-17-5-7-18(8-6-17)22-4-2-3-11-26-22/h2-8,11-12,19-20,28H,9-10,13-15H2,1H3/t19-,20+/m1/s1. The average Bonchev–Trinajstić information content (AvgIpc) is 3.29. The predicted molar refractivity (Wildman–Crippen MR) is 120 cm³/mol. The largest absolute Gasteiger partial charge is 0.294 e. The molecule has 5 heterocycles. The highest BCUT2D eigenvalue weighted by Crippen LogP contribution is 2.34. The minimum absolute atomic E-state index is 0.0697. The van der Waals surface area contributed by atoms with Gasteiger partial charge in [0.1, 0.15) is 0 Å². The van der Waals surface area contributed by atoms with Crippen LogP contribution in [0.15, 0.2) is 59.5 Å². The molecule has 0 unspecified atom stereocenters. The van der Waals surface area contributed by atoms with Gasteiger partial charge in [0, 0.05) is 54.1 Å². The Balaban J connectivity index is 1.28. The number of aromatic amines is 1. The minimum Gasteiger partial charge on any atom is -0.294 e. The van der Waals surface area contributed by atoms with Gasteiger partial charge in [0.25, 0.3) is 5.56 Å². The van der Waals surface area contributed by atoms with Gasteiger partial charge < -0.3 is 0 Å². The highest BCUT2D eigenvalue weighted by Gasteiger charge is 2.38. The number of aromatic nitrogens is 4. The Morgan fingerprint density at radius 2 is 1.87 bits per heavy atom. The molecule has 31 heavy (non-hydrogen) atoms. The molecule has 6 heteroatoms. The van der Waals surface area contributed by atoms with E-state index >= 15 is 0 Å². The maximum atomic E-state index is 13.1. The number of hydrogen-bond acceptors (Lipinski definition) is 4. The summed E-state index contributed by atoms with van der Waals surface area (Å²) < 4.78 is 1.61. The summed E-state index contributed by atoms with van der Waals surface area (Å²) in [5, 5.41) is 3.13. The number of aryl methyl sites for hydroxylation is 1. The van der Waals surface area contributed by atoms with Crippen molar-refractivity contribution >= 4 is 5.65 Å². The molecule has 2 atom stereocenters. The zero-order chi connectivity index (χ0) is 20.9. The molecule has 2 bridgehead atoms. The second-order valence-electron chi connectivity index (χ2n) is 8.85. The number of hydrogen-bond donors (Lipinski definition) is 1. The first-order valence-electron chi connectivity index (χ1n) is 11.0. The van der Waals surface area contributed by atoms with Crippen LogP contribution in [0.25, 0.3) is 16.9 Å². The van der Waals surface area contributed by atoms with Crippen molar-refractivity contribution in [2.45, 2.75) is 51.2 Å². The SMILES string of the molecule is Cc1cc2nc3c(c(=O)n2[nH]1)C[C@H]1CC[C@@H](C3)N1Cc1ccc(-c2ccccn2)cc1. The van der Waals surface area contributed by atoms with Crippen molar-refractivity contribution in [3.05, 3.63) is 87.6 Å². The summed E-state index contributed by atoms with van der Waals surface area (Å²) in [7, 11) is 0. The van der Waals surface area contributed by atoms with Gasteiger partial charge in [-0.1, -0.05) is 30.3 Å². The van der Waals surface area contributed by atoms with E-state index < -0.39 is 0 Å². The monoisotopic (exact) mass is 411 g/mol. The van der Waals surface area contributed by atoms with Gasteiger partial charge in [-0.2, -0.15) is 0 Å². The third kappa shape index (κ3) is 3.18. The van der Waals surface area contributed by atoms with Crippen LogP contribution in [0.1, 0.15) is 35.4 Å². The number of pyridine rings is 1. The van der Waals surface area contributed by atoms with Gasteiger partial charge >= 0.3 is 0 Å². The van der Waals surface area contributed by atoms with Crippen LogP contribution in [0.5, 0.6) is 0 Å². The Hall–Kier alpha value is -3.25. The van der Waals surface area contributed by atoms with Gasteiger partial charge in [0.15, 0.2) is 5.65 Å². The van der Waals surface area contributed by atoms with Crippen molar-refractivity contribution in [3.8, 4) is 11.3 Å². The molecule has 0 saturated carbocycles. The van der Waals surface area contributed by atoms with Crippen LogP contribution >= 0.6 is 0 Å². The zero-order valence-electron chi connectivity index (χ0n) is 17.6. The van der Waals surface area contributed by atoms with Crippen molar-refractivity contribution in [3.63, 3.8) is 0 Å². The van der Waals surface area contributed by atoms with E-state index in [2.05, 4.69) is 39.2 Å². The van der Waals surface area contributed by atoms with E-state index in [-0.39, 0.29) is 5.56 Å². The average molecular weight is 412 g/mol. The molecule has 0 amide bonds. The molecule has 6 nitrogen and oxygen atoms in total. The maximum Gasteiger partial charge on any atom is 0.276 e. The van der Waals surface area contributed by atoms with Crippen LogP contribution < -0.4 is 5.56 Å². The molecule has 0 radical (unpaired) electrons. The predicted octanol–water partition coefficient (Wildman–Crippen LogP) is 3.52. The van der Waals surface area contributed by atoms with E-state index in [4.69, 9.17) is 4.98 Å². The number of nitrogens with zero attached hydrogens (tertiary/aromatic N) is 4. The highest BCUT2D eigenvalue weighted by atomic mass is 16.1. The van der Waals surface area contributed by atoms with Crippen LogP contribution in [0, 0.1) is 6.92 Å². The molecule has 0 aliphatic carbocycles. The highest BCUT2D eigenvalue weighted by molar-refractivity contribution is 5.59. The molecule has 2 aliphatic heterocycles. The second kappa shape index (κ2) is 7.17. The molecule has 156 valence electrons. The van der Waals surface area contributed by atoms with E-state index in [9.17, 15) is 4.79 Å². The van der Waals surface area contributed by atoms with Gasteiger partial charge in [0.2, 0.25) is 0 Å². The minimum atomic E-state index is 0.0697. The number of nitrogens with one attached hydrogen (secondary N) is 1. The lowest BCUT2D eigenvalue weighted by Crippen LogP contribution is -2.36. The molecule has 2 aliphatic rings. The topological polar surface area (TPSA) is 66.3 Å². The van der Waals surface area contributed by atoms with Gasteiger partial charge in [-0.3, -0.25) is 19.8 Å². The van der Waals surface area contributed by atoms with Crippen molar-refractivity contribution in [2.75, 3.05) is 0 Å². The molecule has 4 aromatic rings. The molecule has 3 aromatic heterocycles. The summed E-state index contributed by atoms with van der Waals surface area (Å²) in [5.74, 6) is 0. The Labute approximate surface area is 180 Å². The Morgan fingerprint density at radius 3 is 2.65 bits per heavy atom. The Morgan fingerprint density at radius 1 is 1.06 bits per heavy atom. The molecular formula is C25H25N5O. The second-order valence-corrected chi connectivity index (χ2v) is 8.85. The summed E-state index contributed by atoms with van der Waals surface area (Å²) in [4.78, 5) is 25.0. The molecule has 0 spiro atoms. The van der Waals surface area contributed by atoms with E-state index in [0.717, 1.165) is 59.7 Å². The third-order valence-electron chi connectivity index (χ3n) is 6.84. The van der Waals surface area contributed by atoms with Crippen LogP contribution in [0.3, 0.4) is 0 Å². The lowest BCUT2D eigenvalue weighted by molar-refractivity contribution is 0.187. The summed E-state index contributed by atoms with van der Waals surface area (Å²) in [6.07, 6.45) is 5.78. The summed E-state index contributed by atoms with van der Waals surface area (Å²) >= 11 is 0. The van der Waals surface area contributed by atoms with Crippen molar-refractivity contribution in [1.29, 1.82) is 0 Å². The molecule has 1 fully saturated rings. The maximum absolute atomic E-state index is 13.1. The number of rotatable bonds is 3. The van der Waals surface area contributed by atoms with E-state index in [1.165, 1.54) is 12.0 Å². The zero-order valence-corrected chi connectivity index (χ0v) is 17.6. The third-order valence-corrected chi connectivity index (χ3v) is 6.84. The first kappa shape index (κ1) is 18.5. The molecule has 1 saturated heterocycles. The van der Waals surface area contributed by atoms with Gasteiger partial charge in [0.05, 0.1) is 11.4 Å². The summed E-state index contributed by atoms with van der Waals surface area (Å²) in [6.45, 7) is 2.87. The van der Waals surface area contributed by atoms with Crippen LogP contribution in [-0.4, -0.2) is 36.6 Å². The van der Waals surface area contributed by atoms with Crippen LogP contribution in [0.2, 0.25) is 0 Å². The van der Waals surface area contributed by atoms with E-state index in [0.29, 0.717) is 12.1 Å². The van der Waals surface area contributed by atoms with Crippen molar-refractivity contribution in [2.24, 2.45) is 0 Å². The van der Waals surface area contributed by atoms with Gasteiger partial charge in [-0.05, 0) is 43.9 Å². The van der Waals surface area contributed by atoms with Crippen LogP contribution in [0.4, 0.5) is 0 Å². The van der Waals surface area contributed by atoms with Crippen molar-refractivity contribution in [1.82, 2.24) is 24.5 Å². The van der Waals surface area contributed by atoms with Gasteiger partial charge in [-0.25, -0.2) is 9.50 Å². The number of H-pyrrole nitrogens is 1.